The van der Waals surface area contributed by atoms with E-state index in [4.69, 9.17) is 9.72 Å². The number of aryl methyl sites for hydroxylation is 1. The normalized spacial score (nSPS) is 25.0. The van der Waals surface area contributed by atoms with Crippen LogP contribution in [-0.2, 0) is 6.42 Å². The topological polar surface area (TPSA) is 59.9 Å². The van der Waals surface area contributed by atoms with Crippen LogP contribution in [-0.4, -0.2) is 26.7 Å². The first kappa shape index (κ1) is 26.4. The zero-order chi connectivity index (χ0) is 26.3. The summed E-state index contributed by atoms with van der Waals surface area (Å²) in [5.74, 6) is 1.87. The summed E-state index contributed by atoms with van der Waals surface area (Å²) < 4.78 is 41.6. The van der Waals surface area contributed by atoms with E-state index in [0.29, 0.717) is 29.7 Å². The maximum absolute atomic E-state index is 15.9. The maximum atomic E-state index is 15.9. The van der Waals surface area contributed by atoms with Crippen LogP contribution in [0.5, 0.6) is 5.75 Å². The van der Waals surface area contributed by atoms with Gasteiger partial charge in [-0.2, -0.15) is 8.76 Å². The van der Waals surface area contributed by atoms with Crippen molar-refractivity contribution in [2.24, 2.45) is 17.8 Å². The van der Waals surface area contributed by atoms with Gasteiger partial charge in [0.25, 0.3) is 0 Å². The summed E-state index contributed by atoms with van der Waals surface area (Å²) in [6.07, 6.45) is 7.09. The Kier molecular flexibility index (Phi) is 7.73. The molecule has 0 aliphatic heterocycles. The summed E-state index contributed by atoms with van der Waals surface area (Å²) in [5.41, 5.74) is 0.896. The Morgan fingerprint density at radius 2 is 2.05 bits per heavy atom. The van der Waals surface area contributed by atoms with Gasteiger partial charge in [0.1, 0.15) is 22.8 Å². The van der Waals surface area contributed by atoms with E-state index in [9.17, 15) is 4.39 Å². The lowest BCUT2D eigenvalue weighted by molar-refractivity contribution is -0.0311. The van der Waals surface area contributed by atoms with Gasteiger partial charge in [-0.15, -0.1) is 11.8 Å². The van der Waals surface area contributed by atoms with Gasteiger partial charge in [0.2, 0.25) is 5.82 Å². The number of halogens is 2. The number of benzene rings is 1. The van der Waals surface area contributed by atoms with E-state index in [1.165, 1.54) is 29.4 Å². The third-order valence-corrected chi connectivity index (χ3v) is 9.60. The summed E-state index contributed by atoms with van der Waals surface area (Å²) in [6, 6.07) is 4.83. The van der Waals surface area contributed by atoms with Crippen molar-refractivity contribution in [3.63, 3.8) is 0 Å². The van der Waals surface area contributed by atoms with Crippen LogP contribution in [0, 0.1) is 29.4 Å². The van der Waals surface area contributed by atoms with Crippen molar-refractivity contribution in [1.29, 1.82) is 0 Å². The van der Waals surface area contributed by atoms with Gasteiger partial charge >= 0.3 is 0 Å². The number of fused-ring (bicyclic) bond motifs is 3. The molecule has 0 amide bonds. The summed E-state index contributed by atoms with van der Waals surface area (Å²) in [6.45, 7) is 8.50. The zero-order valence-electron chi connectivity index (χ0n) is 21.9. The van der Waals surface area contributed by atoms with E-state index in [1.807, 2.05) is 13.2 Å². The molecule has 3 saturated carbocycles. The molecule has 198 valence electrons. The Balaban J connectivity index is 1.43. The standard InChI is InChI=1S/C28H34F2N4OS2/c1-6-16-13-31-27(32-21-10-8-18(36-5)12-20(21)29)24(30)25(16)35-22-11-17-7-9-19(22)23(15(17)4)28-33-26(14(2)3)34-37-28/h8,10,12-15,17,19,22-23H,6-7,9,11H2,1-5H3,(H,31,32). The number of anilines is 2. The third kappa shape index (κ3) is 5.09. The first-order chi connectivity index (χ1) is 17.8. The molecule has 5 unspecified atom stereocenters. The fourth-order valence-electron chi connectivity index (χ4n) is 5.89. The number of thioether (sulfide) groups is 1. The van der Waals surface area contributed by atoms with E-state index >= 15 is 4.39 Å². The molecule has 6 rings (SSSR count). The van der Waals surface area contributed by atoms with Gasteiger partial charge in [-0.3, -0.25) is 0 Å². The van der Waals surface area contributed by atoms with E-state index in [-0.39, 0.29) is 35.2 Å². The molecule has 1 aromatic carbocycles. The molecular formula is C28H34F2N4OS2. The summed E-state index contributed by atoms with van der Waals surface area (Å²) >= 11 is 2.96. The van der Waals surface area contributed by atoms with Crippen molar-refractivity contribution >= 4 is 34.8 Å². The van der Waals surface area contributed by atoms with E-state index < -0.39 is 11.6 Å². The van der Waals surface area contributed by atoms with Gasteiger partial charge in [-0.05, 0) is 73.5 Å². The summed E-state index contributed by atoms with van der Waals surface area (Å²) in [7, 11) is 0. The highest BCUT2D eigenvalue weighted by molar-refractivity contribution is 7.98. The van der Waals surface area contributed by atoms with Crippen LogP contribution in [0.1, 0.15) is 75.2 Å². The second kappa shape index (κ2) is 10.8. The lowest BCUT2D eigenvalue weighted by Crippen LogP contribution is -2.48. The minimum absolute atomic E-state index is 0.0282. The van der Waals surface area contributed by atoms with Gasteiger partial charge < -0.3 is 10.1 Å². The fraction of sp³-hybridized carbons (Fsp3) is 0.536. The molecule has 0 spiro atoms. The van der Waals surface area contributed by atoms with Crippen molar-refractivity contribution in [3.05, 3.63) is 52.4 Å². The maximum Gasteiger partial charge on any atom is 0.207 e. The van der Waals surface area contributed by atoms with Crippen LogP contribution < -0.4 is 10.1 Å². The molecule has 2 bridgehead atoms. The molecule has 3 fully saturated rings. The molecular weight excluding hydrogens is 510 g/mol. The van der Waals surface area contributed by atoms with Crippen LogP contribution >= 0.6 is 23.3 Å². The molecule has 37 heavy (non-hydrogen) atoms. The van der Waals surface area contributed by atoms with Gasteiger partial charge in [0, 0.05) is 34.4 Å². The lowest BCUT2D eigenvalue weighted by atomic mass is 9.58. The molecule has 3 aliphatic carbocycles. The van der Waals surface area contributed by atoms with Gasteiger partial charge in [-0.1, -0.05) is 27.7 Å². The largest absolute Gasteiger partial charge is 0.487 e. The Hall–Kier alpha value is -2.26. The predicted octanol–water partition coefficient (Wildman–Crippen LogP) is 7.96. The number of ether oxygens (including phenoxy) is 1. The second-order valence-electron chi connectivity index (χ2n) is 10.5. The Labute approximate surface area is 226 Å². The number of hydrogen-bond donors (Lipinski definition) is 1. The smallest absolute Gasteiger partial charge is 0.207 e. The average molecular weight is 545 g/mol. The predicted molar refractivity (Wildman–Crippen MR) is 146 cm³/mol. The second-order valence-corrected chi connectivity index (χ2v) is 12.2. The molecule has 9 heteroatoms. The summed E-state index contributed by atoms with van der Waals surface area (Å²) in [5, 5.41) is 3.92. The van der Waals surface area contributed by atoms with Crippen molar-refractivity contribution in [3.8, 4) is 5.75 Å². The lowest BCUT2D eigenvalue weighted by Gasteiger charge is -2.50. The molecule has 5 atom stereocenters. The first-order valence-electron chi connectivity index (χ1n) is 13.1. The Bertz CT molecular complexity index is 1270. The van der Waals surface area contributed by atoms with Crippen LogP contribution in [0.25, 0.3) is 0 Å². The van der Waals surface area contributed by atoms with E-state index in [1.54, 1.807) is 18.3 Å². The zero-order valence-corrected chi connectivity index (χ0v) is 23.6. The molecule has 5 nitrogen and oxygen atoms in total. The Morgan fingerprint density at radius 3 is 2.73 bits per heavy atom. The van der Waals surface area contributed by atoms with Crippen LogP contribution in [0.2, 0.25) is 0 Å². The quantitative estimate of drug-likeness (QED) is 0.290. The van der Waals surface area contributed by atoms with Gasteiger partial charge in [0.15, 0.2) is 11.6 Å². The van der Waals surface area contributed by atoms with E-state index in [0.717, 1.165) is 35.0 Å². The minimum atomic E-state index is -0.572. The van der Waals surface area contributed by atoms with Gasteiger partial charge in [0.05, 0.1) is 5.69 Å². The van der Waals surface area contributed by atoms with Crippen molar-refractivity contribution in [2.75, 3.05) is 11.6 Å². The number of nitrogens with one attached hydrogen (secondary N) is 1. The fourth-order valence-corrected chi connectivity index (χ4v) is 7.40. The first-order valence-corrected chi connectivity index (χ1v) is 15.1. The van der Waals surface area contributed by atoms with Gasteiger partial charge in [-0.25, -0.2) is 14.4 Å². The molecule has 3 aliphatic rings. The van der Waals surface area contributed by atoms with Crippen molar-refractivity contribution in [1.82, 2.24) is 14.3 Å². The number of rotatable bonds is 8. The van der Waals surface area contributed by atoms with Crippen molar-refractivity contribution in [2.45, 2.75) is 76.2 Å². The molecule has 2 aromatic heterocycles. The SMILES string of the molecule is CCc1cnc(Nc2ccc(SC)cc2F)c(F)c1OC1CC2CCC1C(c1nc(C(C)C)ns1)C2C. The Morgan fingerprint density at radius 1 is 1.24 bits per heavy atom. The minimum Gasteiger partial charge on any atom is -0.487 e. The van der Waals surface area contributed by atoms with Crippen LogP contribution in [0.15, 0.2) is 29.3 Å². The number of nitrogens with zero attached hydrogens (tertiary/aromatic N) is 3. The highest BCUT2D eigenvalue weighted by Crippen LogP contribution is 2.54. The summed E-state index contributed by atoms with van der Waals surface area (Å²) in [4.78, 5) is 9.97. The van der Waals surface area contributed by atoms with Crippen LogP contribution in [0.3, 0.4) is 0 Å². The average Bonchev–Trinajstić information content (AvgIpc) is 3.38. The molecule has 1 N–H and O–H groups in total. The molecule has 0 radical (unpaired) electrons. The highest BCUT2D eigenvalue weighted by atomic mass is 32.2. The number of pyridine rings is 1. The van der Waals surface area contributed by atoms with E-state index in [2.05, 4.69) is 35.4 Å². The monoisotopic (exact) mass is 544 g/mol. The molecule has 0 saturated heterocycles. The number of aromatic nitrogens is 3. The number of hydrogen-bond acceptors (Lipinski definition) is 7. The molecule has 2 heterocycles. The molecule has 3 aromatic rings. The third-order valence-electron chi connectivity index (χ3n) is 8.04. The highest BCUT2D eigenvalue weighted by Gasteiger charge is 2.50. The van der Waals surface area contributed by atoms with Crippen LogP contribution in [0.4, 0.5) is 20.3 Å². The van der Waals surface area contributed by atoms with Crippen molar-refractivity contribution < 1.29 is 13.5 Å².